The molecule has 0 unspecified atom stereocenters. The minimum Gasteiger partial charge on any atom is -0.349 e. The van der Waals surface area contributed by atoms with Crippen molar-refractivity contribution < 1.29 is 21.6 Å². The Morgan fingerprint density at radius 1 is 0.903 bits per heavy atom. The van der Waals surface area contributed by atoms with Gasteiger partial charge in [0.15, 0.2) is 11.6 Å². The normalized spacial score (nSPS) is 18.2. The van der Waals surface area contributed by atoms with Crippen LogP contribution in [0.15, 0.2) is 30.3 Å². The summed E-state index contributed by atoms with van der Waals surface area (Å²) in [6.45, 7) is 0.635. The first-order chi connectivity index (χ1) is 14.7. The zero-order valence-corrected chi connectivity index (χ0v) is 19.4. The highest BCUT2D eigenvalue weighted by Gasteiger charge is 2.32. The van der Waals surface area contributed by atoms with Crippen molar-refractivity contribution in [2.75, 3.05) is 23.1 Å². The number of piperidine rings is 1. The summed E-state index contributed by atoms with van der Waals surface area (Å²) in [5.74, 6) is -3.15. The molecule has 0 atom stereocenters. The topological polar surface area (TPSA) is 73.5 Å². The summed E-state index contributed by atoms with van der Waals surface area (Å²) in [4.78, 5) is 0. The molecule has 1 saturated carbocycles. The van der Waals surface area contributed by atoms with Gasteiger partial charge in [-0.1, -0.05) is 0 Å². The van der Waals surface area contributed by atoms with E-state index in [1.165, 1.54) is 16.4 Å². The van der Waals surface area contributed by atoms with Crippen LogP contribution in [0.1, 0.15) is 25.7 Å². The van der Waals surface area contributed by atoms with Crippen LogP contribution in [0, 0.1) is 21.0 Å². The van der Waals surface area contributed by atoms with Gasteiger partial charge in [-0.25, -0.2) is 13.2 Å². The van der Waals surface area contributed by atoms with Crippen LogP contribution in [-0.4, -0.2) is 37.9 Å². The van der Waals surface area contributed by atoms with E-state index in [0.29, 0.717) is 35.5 Å². The summed E-state index contributed by atoms with van der Waals surface area (Å²) in [7, 11) is -4.00. The Balaban J connectivity index is 1.52. The second-order valence-electron chi connectivity index (χ2n) is 7.75. The van der Waals surface area contributed by atoms with Crippen molar-refractivity contribution in [1.82, 2.24) is 9.62 Å². The molecule has 4 rings (SSSR count). The highest BCUT2D eigenvalue weighted by Crippen LogP contribution is 2.33. The van der Waals surface area contributed by atoms with Crippen LogP contribution in [0.25, 0.3) is 0 Å². The molecule has 0 aromatic heterocycles. The fourth-order valence-electron chi connectivity index (χ4n) is 3.53. The van der Waals surface area contributed by atoms with Crippen LogP contribution < -0.4 is 15.4 Å². The van der Waals surface area contributed by atoms with Gasteiger partial charge in [0.25, 0.3) is 0 Å². The standard InChI is InChI=1S/C20H22F3IN4O2S/c21-15-4-6-18(20(19(15)23)26-17-5-1-12(24)11-16(17)22)27-31(29,30)28-9-7-14(8-10-28)25-13-2-3-13/h1,4-6,11,13-14,25-27H,2-3,7-10H2. The molecule has 31 heavy (non-hydrogen) atoms. The van der Waals surface area contributed by atoms with E-state index < -0.39 is 33.3 Å². The van der Waals surface area contributed by atoms with E-state index in [0.717, 1.165) is 25.0 Å². The number of hydrogen-bond donors (Lipinski definition) is 3. The van der Waals surface area contributed by atoms with Crippen LogP contribution in [0.3, 0.4) is 0 Å². The fraction of sp³-hybridized carbons (Fsp3) is 0.400. The predicted molar refractivity (Wildman–Crippen MR) is 122 cm³/mol. The Labute approximate surface area is 192 Å². The van der Waals surface area contributed by atoms with Crippen LogP contribution in [0.5, 0.6) is 0 Å². The molecule has 1 aliphatic heterocycles. The average Bonchev–Trinajstić information content (AvgIpc) is 3.53. The van der Waals surface area contributed by atoms with Gasteiger partial charge in [-0.15, -0.1) is 0 Å². The molecule has 0 spiro atoms. The van der Waals surface area contributed by atoms with E-state index in [9.17, 15) is 21.6 Å². The molecule has 2 aliphatic rings. The third-order valence-corrected chi connectivity index (χ3v) is 7.56. The van der Waals surface area contributed by atoms with Crippen molar-refractivity contribution in [3.05, 3.63) is 51.4 Å². The molecule has 1 saturated heterocycles. The van der Waals surface area contributed by atoms with Gasteiger partial charge in [0.2, 0.25) is 0 Å². The third-order valence-electron chi connectivity index (χ3n) is 5.37. The van der Waals surface area contributed by atoms with E-state index in [1.54, 1.807) is 6.07 Å². The predicted octanol–water partition coefficient (Wildman–Crippen LogP) is 4.33. The Morgan fingerprint density at radius 3 is 2.19 bits per heavy atom. The quantitative estimate of drug-likeness (QED) is 0.437. The van der Waals surface area contributed by atoms with Crippen molar-refractivity contribution in [3.63, 3.8) is 0 Å². The molecule has 0 radical (unpaired) electrons. The molecule has 0 amide bonds. The molecule has 2 aromatic rings. The lowest BCUT2D eigenvalue weighted by Crippen LogP contribution is -2.47. The molecular weight excluding hydrogens is 544 g/mol. The van der Waals surface area contributed by atoms with E-state index in [1.807, 2.05) is 22.6 Å². The number of nitrogens with one attached hydrogen (secondary N) is 3. The van der Waals surface area contributed by atoms with E-state index >= 15 is 0 Å². The summed E-state index contributed by atoms with van der Waals surface area (Å²) in [5, 5.41) is 5.98. The van der Waals surface area contributed by atoms with Gasteiger partial charge in [-0.05, 0) is 78.6 Å². The van der Waals surface area contributed by atoms with Gasteiger partial charge in [-0.2, -0.15) is 12.7 Å². The van der Waals surface area contributed by atoms with E-state index in [2.05, 4.69) is 15.4 Å². The maximum atomic E-state index is 14.5. The lowest BCUT2D eigenvalue weighted by Gasteiger charge is -2.32. The molecular formula is C20H22F3IN4O2S. The van der Waals surface area contributed by atoms with Gasteiger partial charge < -0.3 is 10.6 Å². The molecule has 11 heteroatoms. The van der Waals surface area contributed by atoms with Gasteiger partial charge in [-0.3, -0.25) is 4.72 Å². The fourth-order valence-corrected chi connectivity index (χ4v) is 5.25. The number of rotatable bonds is 7. The van der Waals surface area contributed by atoms with Crippen LogP contribution >= 0.6 is 22.6 Å². The molecule has 6 nitrogen and oxygen atoms in total. The largest absolute Gasteiger partial charge is 0.349 e. The van der Waals surface area contributed by atoms with Crippen LogP contribution in [-0.2, 0) is 10.2 Å². The molecule has 1 heterocycles. The van der Waals surface area contributed by atoms with Gasteiger partial charge >= 0.3 is 10.2 Å². The smallest absolute Gasteiger partial charge is 0.301 e. The summed E-state index contributed by atoms with van der Waals surface area (Å²) in [5.41, 5.74) is -0.777. The lowest BCUT2D eigenvalue weighted by atomic mass is 10.1. The zero-order valence-electron chi connectivity index (χ0n) is 16.5. The monoisotopic (exact) mass is 566 g/mol. The average molecular weight is 566 g/mol. The van der Waals surface area contributed by atoms with Gasteiger partial charge in [0.05, 0.1) is 11.4 Å². The summed E-state index contributed by atoms with van der Waals surface area (Å²) >= 11 is 1.92. The summed E-state index contributed by atoms with van der Waals surface area (Å²) < 4.78 is 72.6. The summed E-state index contributed by atoms with van der Waals surface area (Å²) in [6, 6.07) is 6.96. The van der Waals surface area contributed by atoms with Crippen molar-refractivity contribution in [2.45, 2.75) is 37.8 Å². The third kappa shape index (κ3) is 5.44. The van der Waals surface area contributed by atoms with E-state index in [4.69, 9.17) is 0 Å². The van der Waals surface area contributed by atoms with Crippen molar-refractivity contribution in [3.8, 4) is 0 Å². The Morgan fingerprint density at radius 2 is 1.55 bits per heavy atom. The number of halogens is 4. The van der Waals surface area contributed by atoms with Crippen molar-refractivity contribution >= 4 is 49.9 Å². The Kier molecular flexibility index (Phi) is 6.65. The SMILES string of the molecule is O=S(=O)(Nc1ccc(F)c(F)c1Nc1ccc(I)cc1F)N1CCC(NC2CC2)CC1. The maximum Gasteiger partial charge on any atom is 0.301 e. The number of nitrogens with zero attached hydrogens (tertiary/aromatic N) is 1. The summed E-state index contributed by atoms with van der Waals surface area (Å²) in [6.07, 6.45) is 3.67. The van der Waals surface area contributed by atoms with E-state index in [-0.39, 0.29) is 17.4 Å². The number of anilines is 3. The highest BCUT2D eigenvalue weighted by atomic mass is 127. The Hall–Kier alpha value is -1.57. The number of benzene rings is 2. The molecule has 2 aromatic carbocycles. The molecule has 3 N–H and O–H groups in total. The molecule has 1 aliphatic carbocycles. The minimum absolute atomic E-state index is 0.0997. The van der Waals surface area contributed by atoms with Crippen LogP contribution in [0.2, 0.25) is 0 Å². The van der Waals surface area contributed by atoms with Crippen molar-refractivity contribution in [2.24, 2.45) is 0 Å². The molecule has 0 bridgehead atoms. The molecule has 168 valence electrons. The first-order valence-electron chi connectivity index (χ1n) is 9.97. The van der Waals surface area contributed by atoms with Crippen LogP contribution in [0.4, 0.5) is 30.2 Å². The number of hydrogen-bond acceptors (Lipinski definition) is 4. The van der Waals surface area contributed by atoms with Gasteiger partial charge in [0.1, 0.15) is 11.5 Å². The maximum absolute atomic E-state index is 14.5. The molecule has 2 fully saturated rings. The Bertz CT molecular complexity index is 1070. The first kappa shape index (κ1) is 22.6. The zero-order chi connectivity index (χ0) is 22.2. The van der Waals surface area contributed by atoms with Crippen molar-refractivity contribution in [1.29, 1.82) is 0 Å². The van der Waals surface area contributed by atoms with Gasteiger partial charge in [0, 0.05) is 28.7 Å². The second kappa shape index (κ2) is 9.12. The second-order valence-corrected chi connectivity index (χ2v) is 10.7. The lowest BCUT2D eigenvalue weighted by molar-refractivity contribution is 0.289. The minimum atomic E-state index is -4.00. The highest BCUT2D eigenvalue weighted by molar-refractivity contribution is 14.1. The first-order valence-corrected chi connectivity index (χ1v) is 12.5.